The first-order valence-electron chi connectivity index (χ1n) is 9.93. The Bertz CT molecular complexity index is 866. The van der Waals surface area contributed by atoms with E-state index in [1.807, 2.05) is 39.8 Å². The largest absolute Gasteiger partial charge is 0.496 e. The zero-order chi connectivity index (χ0) is 22.9. The summed E-state index contributed by atoms with van der Waals surface area (Å²) < 4.78 is 22.2. The van der Waals surface area contributed by atoms with Crippen molar-refractivity contribution in [3.63, 3.8) is 0 Å². The van der Waals surface area contributed by atoms with Gasteiger partial charge in [0.2, 0.25) is 0 Å². The molecule has 2 aromatic carbocycles. The minimum atomic E-state index is -4.08. The van der Waals surface area contributed by atoms with Crippen molar-refractivity contribution in [2.24, 2.45) is 5.18 Å². The van der Waals surface area contributed by atoms with E-state index in [1.165, 1.54) is 0 Å². The first kappa shape index (κ1) is 25.8. The van der Waals surface area contributed by atoms with E-state index in [2.05, 4.69) is 5.18 Å². The molecule has 0 saturated carbocycles. The maximum atomic E-state index is 11.2. The Kier molecular flexibility index (Phi) is 10.2. The zero-order valence-electron chi connectivity index (χ0n) is 18.5. The van der Waals surface area contributed by atoms with Gasteiger partial charge in [0.15, 0.2) is 0 Å². The van der Waals surface area contributed by atoms with Gasteiger partial charge < -0.3 is 19.3 Å². The summed E-state index contributed by atoms with van der Waals surface area (Å²) in [4.78, 5) is 29.3. The monoisotopic (exact) mass is 437 g/mol. The number of aryl methyl sites for hydroxylation is 1. The van der Waals surface area contributed by atoms with Crippen molar-refractivity contribution in [1.29, 1.82) is 0 Å². The molecule has 2 aromatic rings. The van der Waals surface area contributed by atoms with Crippen molar-refractivity contribution in [3.8, 4) is 11.5 Å². The number of hydrogen-bond donors (Lipinski definition) is 2. The Labute approximate surface area is 178 Å². The van der Waals surface area contributed by atoms with Crippen molar-refractivity contribution < 1.29 is 23.8 Å². The molecule has 0 aliphatic heterocycles. The molecule has 0 aromatic heterocycles. The van der Waals surface area contributed by atoms with Crippen LogP contribution in [0, 0.1) is 4.91 Å². The molecule has 0 amide bonds. The number of nitroso groups, excluding NO2 is 1. The quantitative estimate of drug-likeness (QED) is 0.393. The lowest BCUT2D eigenvalue weighted by Gasteiger charge is -2.17. The van der Waals surface area contributed by atoms with E-state index in [1.54, 1.807) is 32.4 Å². The Balaban J connectivity index is 0.00000218. The highest BCUT2D eigenvalue weighted by molar-refractivity contribution is 7.51. The van der Waals surface area contributed by atoms with Crippen LogP contribution in [0.5, 0.6) is 11.5 Å². The van der Waals surface area contributed by atoms with Crippen LogP contribution in [-0.4, -0.2) is 30.2 Å². The lowest BCUT2D eigenvalue weighted by atomic mass is 9.94. The van der Waals surface area contributed by atoms with Crippen LogP contribution in [0.1, 0.15) is 55.9 Å². The molecule has 0 spiro atoms. The van der Waals surface area contributed by atoms with Crippen molar-refractivity contribution >= 4 is 13.3 Å². The first-order valence-corrected chi connectivity index (χ1v) is 11.7. The highest BCUT2D eigenvalue weighted by atomic mass is 31.2. The van der Waals surface area contributed by atoms with Crippen LogP contribution >= 0.6 is 7.60 Å². The molecule has 2 rings (SSSR count). The van der Waals surface area contributed by atoms with Crippen molar-refractivity contribution in [3.05, 3.63) is 57.5 Å². The molecule has 0 aliphatic carbocycles. The van der Waals surface area contributed by atoms with E-state index in [-0.39, 0.29) is 18.5 Å². The minimum Gasteiger partial charge on any atom is -0.496 e. The van der Waals surface area contributed by atoms with Gasteiger partial charge in [0.05, 0.1) is 20.4 Å². The van der Waals surface area contributed by atoms with Gasteiger partial charge in [-0.05, 0) is 52.4 Å². The fraction of sp³-hybridized carbons (Fsp3) is 0.455. The molecule has 0 radical (unpaired) electrons. The molecule has 0 bridgehead atoms. The smallest absolute Gasteiger partial charge is 0.325 e. The van der Waals surface area contributed by atoms with Crippen LogP contribution < -0.4 is 9.47 Å². The van der Waals surface area contributed by atoms with Gasteiger partial charge in [-0.15, -0.1) is 4.91 Å². The number of benzene rings is 2. The van der Waals surface area contributed by atoms with Crippen molar-refractivity contribution in [2.75, 3.05) is 20.4 Å². The third-order valence-electron chi connectivity index (χ3n) is 4.55. The third kappa shape index (κ3) is 7.24. The number of rotatable bonds is 9. The normalized spacial score (nSPS) is 11.0. The summed E-state index contributed by atoms with van der Waals surface area (Å²) in [6, 6.07) is 9.08. The molecular weight excluding hydrogens is 405 g/mol. The molecule has 8 heteroatoms. The Morgan fingerprint density at radius 2 is 1.57 bits per heavy atom. The van der Waals surface area contributed by atoms with E-state index in [0.29, 0.717) is 23.6 Å². The predicted octanol–water partition coefficient (Wildman–Crippen LogP) is 5.56. The second-order valence-corrected chi connectivity index (χ2v) is 8.71. The third-order valence-corrected chi connectivity index (χ3v) is 5.36. The summed E-state index contributed by atoms with van der Waals surface area (Å²) in [6.45, 7) is 8.01. The summed E-state index contributed by atoms with van der Waals surface area (Å²) in [6.07, 6.45) is 0.495. The van der Waals surface area contributed by atoms with Gasteiger partial charge >= 0.3 is 7.60 Å². The van der Waals surface area contributed by atoms with Gasteiger partial charge in [0.1, 0.15) is 17.2 Å². The molecule has 0 saturated heterocycles. The summed E-state index contributed by atoms with van der Waals surface area (Å²) in [5.41, 5.74) is 3.85. The van der Waals surface area contributed by atoms with Gasteiger partial charge in [-0.25, -0.2) is 0 Å². The molecule has 0 heterocycles. The van der Waals surface area contributed by atoms with Crippen LogP contribution in [0.3, 0.4) is 0 Å². The second-order valence-electron chi connectivity index (χ2n) is 6.93. The van der Waals surface area contributed by atoms with Gasteiger partial charge in [-0.2, -0.15) is 0 Å². The van der Waals surface area contributed by atoms with E-state index < -0.39 is 7.60 Å². The summed E-state index contributed by atoms with van der Waals surface area (Å²) >= 11 is 0. The van der Waals surface area contributed by atoms with Crippen molar-refractivity contribution in [1.82, 2.24) is 0 Å². The highest BCUT2D eigenvalue weighted by Gasteiger charge is 2.18. The van der Waals surface area contributed by atoms with Gasteiger partial charge in [-0.1, -0.05) is 39.8 Å². The zero-order valence-corrected chi connectivity index (χ0v) is 19.4. The summed E-state index contributed by atoms with van der Waals surface area (Å²) in [5, 5.41) is 3.10. The Morgan fingerprint density at radius 1 is 1.00 bits per heavy atom. The van der Waals surface area contributed by atoms with Gasteiger partial charge in [0, 0.05) is 12.0 Å². The maximum Gasteiger partial charge on any atom is 0.325 e. The highest BCUT2D eigenvalue weighted by Crippen LogP contribution is 2.38. The maximum absolute atomic E-state index is 11.2. The molecule has 0 fully saturated rings. The molecule has 0 aliphatic rings. The fourth-order valence-corrected chi connectivity index (χ4v) is 3.64. The molecule has 0 atom stereocenters. The lowest BCUT2D eigenvalue weighted by molar-refractivity contribution is 0.372. The van der Waals surface area contributed by atoms with E-state index in [0.717, 1.165) is 22.3 Å². The SMILES string of the molecule is CC.COc1cc(CCP(=O)(O)O)cc(OC)c1Cc1ccc(N=O)c(C(C)C)c1. The van der Waals surface area contributed by atoms with E-state index >= 15 is 0 Å². The number of nitrogens with zero attached hydrogens (tertiary/aromatic N) is 1. The lowest BCUT2D eigenvalue weighted by Crippen LogP contribution is -2.02. The molecule has 2 N–H and O–H groups in total. The summed E-state index contributed by atoms with van der Waals surface area (Å²) in [7, 11) is -0.993. The van der Waals surface area contributed by atoms with Crippen LogP contribution in [0.25, 0.3) is 0 Å². The molecule has 30 heavy (non-hydrogen) atoms. The number of hydrogen-bond acceptors (Lipinski definition) is 5. The molecule has 7 nitrogen and oxygen atoms in total. The minimum absolute atomic E-state index is 0.159. The van der Waals surface area contributed by atoms with Crippen LogP contribution in [0.15, 0.2) is 35.5 Å². The molecular formula is C22H32NO6P. The standard InChI is InChI=1S/C20H26NO6P.C2H6/c1-13(2)16-9-14(5-6-18(16)21-22)10-17-19(26-3)11-15(12-20(17)27-4)7-8-28(23,24)25;1-2/h5-6,9,11-13H,7-8,10H2,1-4H3,(H2,23,24,25);1-2H3. The first-order chi connectivity index (χ1) is 14.2. The fourth-order valence-electron chi connectivity index (χ4n) is 3.10. The van der Waals surface area contributed by atoms with Crippen LogP contribution in [-0.2, 0) is 17.4 Å². The number of methoxy groups -OCH3 is 2. The molecule has 0 unspecified atom stereocenters. The van der Waals surface area contributed by atoms with Crippen LogP contribution in [0.2, 0.25) is 0 Å². The summed E-state index contributed by atoms with van der Waals surface area (Å²) in [5.74, 6) is 1.33. The Hall–Kier alpha value is -2.21. The molecule has 166 valence electrons. The average molecular weight is 437 g/mol. The van der Waals surface area contributed by atoms with E-state index in [9.17, 15) is 9.47 Å². The van der Waals surface area contributed by atoms with E-state index in [4.69, 9.17) is 19.3 Å². The van der Waals surface area contributed by atoms with Crippen LogP contribution in [0.4, 0.5) is 5.69 Å². The van der Waals surface area contributed by atoms with Crippen molar-refractivity contribution in [2.45, 2.75) is 46.5 Å². The van der Waals surface area contributed by atoms with Gasteiger partial charge in [-0.3, -0.25) is 4.57 Å². The number of ether oxygens (including phenoxy) is 2. The topological polar surface area (TPSA) is 105 Å². The Morgan fingerprint density at radius 3 is 2.00 bits per heavy atom. The predicted molar refractivity (Wildman–Crippen MR) is 120 cm³/mol. The van der Waals surface area contributed by atoms with Gasteiger partial charge in [0.25, 0.3) is 0 Å². The average Bonchev–Trinajstić information content (AvgIpc) is 2.73. The second kappa shape index (κ2) is 11.8.